The molecule has 0 saturated heterocycles. The summed E-state index contributed by atoms with van der Waals surface area (Å²) in [6, 6.07) is 7.72. The normalized spacial score (nSPS) is 10.1. The van der Waals surface area contributed by atoms with Gasteiger partial charge >= 0.3 is 0 Å². The van der Waals surface area contributed by atoms with Gasteiger partial charge in [-0.1, -0.05) is 12.1 Å². The lowest BCUT2D eigenvalue weighted by atomic mass is 10.2. The minimum atomic E-state index is -0.181. The number of anilines is 1. The van der Waals surface area contributed by atoms with Crippen LogP contribution in [0.2, 0.25) is 0 Å². The summed E-state index contributed by atoms with van der Waals surface area (Å²) in [4.78, 5) is 13.5. The molecule has 2 aromatic rings. The molecule has 0 fully saturated rings. The topological polar surface area (TPSA) is 61.9 Å². The number of aromatic nitrogens is 3. The van der Waals surface area contributed by atoms with Crippen LogP contribution < -0.4 is 4.90 Å². The molecule has 0 radical (unpaired) electrons. The smallest absolute Gasteiger partial charge is 0.280 e. The van der Waals surface area contributed by atoms with Crippen molar-refractivity contribution >= 4 is 11.6 Å². The van der Waals surface area contributed by atoms with Gasteiger partial charge in [0.1, 0.15) is 0 Å². The fourth-order valence-corrected chi connectivity index (χ4v) is 1.43. The molecule has 0 bridgehead atoms. The van der Waals surface area contributed by atoms with Gasteiger partial charge in [-0.3, -0.25) is 4.79 Å². The minimum Gasteiger partial charge on any atom is -0.310 e. The number of hydrogen-bond acceptors (Lipinski definition) is 3. The van der Waals surface area contributed by atoms with Crippen molar-refractivity contribution in [1.82, 2.24) is 15.4 Å². The highest BCUT2D eigenvalue weighted by Gasteiger charge is 2.15. The van der Waals surface area contributed by atoms with Gasteiger partial charge in [0.05, 0.1) is 6.20 Å². The predicted molar refractivity (Wildman–Crippen MR) is 60.3 cm³/mol. The third-order valence-electron chi connectivity index (χ3n) is 2.33. The van der Waals surface area contributed by atoms with Crippen molar-refractivity contribution < 1.29 is 4.79 Å². The van der Waals surface area contributed by atoms with Gasteiger partial charge in [0, 0.05) is 12.7 Å². The van der Waals surface area contributed by atoms with Crippen LogP contribution in [0.1, 0.15) is 16.1 Å². The number of aromatic amines is 1. The summed E-state index contributed by atoms with van der Waals surface area (Å²) < 4.78 is 0. The molecule has 5 nitrogen and oxygen atoms in total. The van der Waals surface area contributed by atoms with E-state index in [1.807, 2.05) is 31.2 Å². The Hall–Kier alpha value is -2.17. The average molecular weight is 216 g/mol. The van der Waals surface area contributed by atoms with Crippen LogP contribution in [0, 0.1) is 6.92 Å². The molecule has 0 saturated carbocycles. The molecule has 0 aliphatic rings. The number of benzene rings is 1. The van der Waals surface area contributed by atoms with Crippen LogP contribution in [-0.4, -0.2) is 28.4 Å². The molecule has 0 aliphatic heterocycles. The third kappa shape index (κ3) is 1.93. The Bertz CT molecular complexity index is 492. The molecule has 16 heavy (non-hydrogen) atoms. The van der Waals surface area contributed by atoms with Crippen molar-refractivity contribution in [2.45, 2.75) is 6.92 Å². The Morgan fingerprint density at radius 3 is 2.88 bits per heavy atom. The molecule has 0 atom stereocenters. The van der Waals surface area contributed by atoms with E-state index >= 15 is 0 Å². The van der Waals surface area contributed by atoms with Gasteiger partial charge in [-0.2, -0.15) is 15.4 Å². The van der Waals surface area contributed by atoms with Crippen molar-refractivity contribution in [2.24, 2.45) is 0 Å². The summed E-state index contributed by atoms with van der Waals surface area (Å²) in [7, 11) is 1.71. The predicted octanol–water partition coefficient (Wildman–Crippen LogP) is 1.39. The van der Waals surface area contributed by atoms with E-state index in [0.717, 1.165) is 11.3 Å². The lowest BCUT2D eigenvalue weighted by Gasteiger charge is -2.16. The number of H-pyrrole nitrogens is 1. The zero-order chi connectivity index (χ0) is 11.5. The molecule has 1 amide bonds. The standard InChI is InChI=1S/C11H12N4O/c1-8-4-3-5-9(6-8)15(2)11(16)10-7-12-14-13-10/h3-7H,1-2H3,(H,12,13,14). The fourth-order valence-electron chi connectivity index (χ4n) is 1.43. The second kappa shape index (κ2) is 4.14. The molecule has 2 rings (SSSR count). The first-order valence-electron chi connectivity index (χ1n) is 4.89. The van der Waals surface area contributed by atoms with Gasteiger partial charge in [0.15, 0.2) is 5.69 Å². The lowest BCUT2D eigenvalue weighted by Crippen LogP contribution is -2.26. The number of aryl methyl sites for hydroxylation is 1. The largest absolute Gasteiger partial charge is 0.310 e. The molecule has 0 aliphatic carbocycles. The van der Waals surface area contributed by atoms with E-state index in [4.69, 9.17) is 0 Å². The van der Waals surface area contributed by atoms with Crippen LogP contribution in [0.5, 0.6) is 0 Å². The first-order chi connectivity index (χ1) is 7.68. The second-order valence-corrected chi connectivity index (χ2v) is 3.56. The third-order valence-corrected chi connectivity index (χ3v) is 2.33. The summed E-state index contributed by atoms with van der Waals surface area (Å²) >= 11 is 0. The maximum Gasteiger partial charge on any atom is 0.280 e. The molecule has 0 spiro atoms. The van der Waals surface area contributed by atoms with Crippen molar-refractivity contribution in [2.75, 3.05) is 11.9 Å². The van der Waals surface area contributed by atoms with Gasteiger partial charge in [0.25, 0.3) is 5.91 Å². The maximum atomic E-state index is 11.9. The Morgan fingerprint density at radius 2 is 2.25 bits per heavy atom. The monoisotopic (exact) mass is 216 g/mol. The van der Waals surface area contributed by atoms with Gasteiger partial charge in [-0.15, -0.1) is 0 Å². The van der Waals surface area contributed by atoms with Crippen LogP contribution in [0.4, 0.5) is 5.69 Å². The molecule has 1 heterocycles. The number of hydrogen-bond donors (Lipinski definition) is 1. The summed E-state index contributed by atoms with van der Waals surface area (Å²) in [6.07, 6.45) is 1.41. The molecule has 82 valence electrons. The van der Waals surface area contributed by atoms with E-state index < -0.39 is 0 Å². The summed E-state index contributed by atoms with van der Waals surface area (Å²) in [5.41, 5.74) is 2.26. The van der Waals surface area contributed by atoms with E-state index in [1.165, 1.54) is 6.20 Å². The molecule has 1 aromatic carbocycles. The van der Waals surface area contributed by atoms with Crippen molar-refractivity contribution in [3.63, 3.8) is 0 Å². The van der Waals surface area contributed by atoms with Crippen LogP contribution >= 0.6 is 0 Å². The Morgan fingerprint density at radius 1 is 1.44 bits per heavy atom. The molecular weight excluding hydrogens is 204 g/mol. The first kappa shape index (κ1) is 10.4. The number of carbonyl (C=O) groups excluding carboxylic acids is 1. The summed E-state index contributed by atoms with van der Waals surface area (Å²) in [6.45, 7) is 1.98. The van der Waals surface area contributed by atoms with Gasteiger partial charge < -0.3 is 4.90 Å². The van der Waals surface area contributed by atoms with Gasteiger partial charge in [-0.25, -0.2) is 0 Å². The number of carbonyl (C=O) groups is 1. The van der Waals surface area contributed by atoms with Crippen molar-refractivity contribution in [3.05, 3.63) is 41.7 Å². The maximum absolute atomic E-state index is 11.9. The second-order valence-electron chi connectivity index (χ2n) is 3.56. The summed E-state index contributed by atoms with van der Waals surface area (Å²) in [5, 5.41) is 9.79. The van der Waals surface area contributed by atoms with E-state index in [-0.39, 0.29) is 5.91 Å². The molecule has 5 heteroatoms. The van der Waals surface area contributed by atoms with Crippen molar-refractivity contribution in [3.8, 4) is 0 Å². The zero-order valence-corrected chi connectivity index (χ0v) is 9.14. The van der Waals surface area contributed by atoms with Crippen LogP contribution in [0.25, 0.3) is 0 Å². The quantitative estimate of drug-likeness (QED) is 0.825. The highest BCUT2D eigenvalue weighted by Crippen LogP contribution is 2.15. The van der Waals surface area contributed by atoms with Crippen LogP contribution in [-0.2, 0) is 0 Å². The zero-order valence-electron chi connectivity index (χ0n) is 9.14. The highest BCUT2D eigenvalue weighted by molar-refractivity contribution is 6.04. The average Bonchev–Trinajstić information content (AvgIpc) is 2.80. The van der Waals surface area contributed by atoms with E-state index in [2.05, 4.69) is 15.4 Å². The van der Waals surface area contributed by atoms with Gasteiger partial charge in [-0.05, 0) is 24.6 Å². The van der Waals surface area contributed by atoms with E-state index in [0.29, 0.717) is 5.69 Å². The van der Waals surface area contributed by atoms with E-state index in [1.54, 1.807) is 11.9 Å². The Balaban J connectivity index is 2.26. The number of nitrogens with one attached hydrogen (secondary N) is 1. The SMILES string of the molecule is Cc1cccc(N(C)C(=O)c2cn[nH]n2)c1. The Labute approximate surface area is 93.1 Å². The minimum absolute atomic E-state index is 0.181. The Kier molecular flexibility index (Phi) is 2.68. The molecule has 1 aromatic heterocycles. The summed E-state index contributed by atoms with van der Waals surface area (Å²) in [5.74, 6) is -0.181. The fraction of sp³-hybridized carbons (Fsp3) is 0.182. The number of amides is 1. The molecule has 0 unspecified atom stereocenters. The lowest BCUT2D eigenvalue weighted by molar-refractivity contribution is 0.0988. The van der Waals surface area contributed by atoms with E-state index in [9.17, 15) is 4.79 Å². The first-order valence-corrected chi connectivity index (χ1v) is 4.89. The molecular formula is C11H12N4O. The number of nitrogens with zero attached hydrogens (tertiary/aromatic N) is 3. The van der Waals surface area contributed by atoms with Crippen LogP contribution in [0.3, 0.4) is 0 Å². The number of rotatable bonds is 2. The van der Waals surface area contributed by atoms with Gasteiger partial charge in [0.2, 0.25) is 0 Å². The van der Waals surface area contributed by atoms with Crippen molar-refractivity contribution in [1.29, 1.82) is 0 Å². The highest BCUT2D eigenvalue weighted by atomic mass is 16.2. The van der Waals surface area contributed by atoms with Crippen LogP contribution in [0.15, 0.2) is 30.5 Å². The molecule has 1 N–H and O–H groups in total.